The molecule has 6 heteroatoms. The van der Waals surface area contributed by atoms with Gasteiger partial charge in [0.05, 0.1) is 12.3 Å². The third kappa shape index (κ3) is 2.28. The number of rotatable bonds is 4. The molecule has 0 atom stereocenters. The molecule has 1 aliphatic rings. The lowest BCUT2D eigenvalue weighted by Gasteiger charge is -2.26. The summed E-state index contributed by atoms with van der Waals surface area (Å²) in [4.78, 5) is 6.51. The fourth-order valence-corrected chi connectivity index (χ4v) is 2.71. The molecule has 1 heterocycles. The van der Waals surface area contributed by atoms with Crippen molar-refractivity contribution in [2.24, 2.45) is 0 Å². The van der Waals surface area contributed by atoms with E-state index in [9.17, 15) is 4.57 Å². The van der Waals surface area contributed by atoms with Crippen LogP contribution in [0.4, 0.5) is 0 Å². The molecule has 92 valence electrons. The van der Waals surface area contributed by atoms with Crippen LogP contribution in [-0.4, -0.2) is 25.7 Å². The van der Waals surface area contributed by atoms with E-state index in [1.165, 1.54) is 19.1 Å². The van der Waals surface area contributed by atoms with Crippen molar-refractivity contribution >= 4 is 13.4 Å². The molecule has 1 aromatic rings. The first-order valence-electron chi connectivity index (χ1n) is 5.12. The molecule has 0 bridgehead atoms. The topological polar surface area (TPSA) is 48.0 Å². The molecule has 1 aliphatic heterocycles. The molecule has 2 rings (SSSR count). The highest BCUT2D eigenvalue weighted by Gasteiger charge is 2.37. The van der Waals surface area contributed by atoms with Gasteiger partial charge in [-0.3, -0.25) is 13.9 Å². The molecule has 1 aromatic carbocycles. The predicted molar refractivity (Wildman–Crippen MR) is 63.8 cm³/mol. The fraction of sp³-hybridized carbons (Fsp3) is 0.273. The van der Waals surface area contributed by atoms with Crippen LogP contribution in [0.1, 0.15) is 5.56 Å². The van der Waals surface area contributed by atoms with Crippen LogP contribution in [0.3, 0.4) is 0 Å². The minimum Gasteiger partial charge on any atom is -0.294 e. The van der Waals surface area contributed by atoms with Gasteiger partial charge in [0.1, 0.15) is 0 Å². The highest BCUT2D eigenvalue weighted by Crippen LogP contribution is 2.55. The van der Waals surface area contributed by atoms with Crippen LogP contribution in [0, 0.1) is 0 Å². The molecule has 17 heavy (non-hydrogen) atoms. The second kappa shape index (κ2) is 5.02. The summed E-state index contributed by atoms with van der Waals surface area (Å²) in [6.07, 6.45) is 1.83. The molecule has 0 N–H and O–H groups in total. The molecule has 0 radical (unpaired) electrons. The van der Waals surface area contributed by atoms with Gasteiger partial charge in [0, 0.05) is 19.8 Å². The Morgan fingerprint density at radius 1 is 1.24 bits per heavy atom. The van der Waals surface area contributed by atoms with Crippen LogP contribution < -0.4 is 0 Å². The molecule has 0 aromatic heterocycles. The van der Waals surface area contributed by atoms with Crippen molar-refractivity contribution in [3.63, 3.8) is 0 Å². The number of hydroxylamine groups is 1. The first-order valence-corrected chi connectivity index (χ1v) is 6.61. The molecule has 0 saturated carbocycles. The maximum atomic E-state index is 12.3. The van der Waals surface area contributed by atoms with E-state index in [1.807, 2.05) is 36.4 Å². The summed E-state index contributed by atoms with van der Waals surface area (Å²) in [5, 5.41) is 0. The van der Waals surface area contributed by atoms with Crippen molar-refractivity contribution in [1.82, 2.24) is 4.83 Å². The van der Waals surface area contributed by atoms with Crippen molar-refractivity contribution in [3.05, 3.63) is 42.0 Å². The van der Waals surface area contributed by atoms with Gasteiger partial charge >= 0.3 is 7.75 Å². The highest BCUT2D eigenvalue weighted by atomic mass is 31.2. The number of hydrogen-bond acceptors (Lipinski definition) is 4. The van der Waals surface area contributed by atoms with Gasteiger partial charge in [-0.15, -0.1) is 0 Å². The van der Waals surface area contributed by atoms with E-state index >= 15 is 0 Å². The van der Waals surface area contributed by atoms with Crippen molar-refractivity contribution < 1.29 is 18.5 Å². The summed E-state index contributed by atoms with van der Waals surface area (Å²) in [6, 6.07) is 9.52. The van der Waals surface area contributed by atoms with Gasteiger partial charge in [0.15, 0.2) is 0 Å². The molecule has 0 spiro atoms. The van der Waals surface area contributed by atoms with Gasteiger partial charge in [-0.25, -0.2) is 4.57 Å². The zero-order chi connectivity index (χ0) is 12.3. The lowest BCUT2D eigenvalue weighted by molar-refractivity contribution is -0.0325. The van der Waals surface area contributed by atoms with E-state index < -0.39 is 7.75 Å². The van der Waals surface area contributed by atoms with Crippen molar-refractivity contribution in [2.45, 2.75) is 0 Å². The monoisotopic (exact) mass is 255 g/mol. The third-order valence-electron chi connectivity index (χ3n) is 2.43. The lowest BCUT2D eigenvalue weighted by atomic mass is 10.2. The summed E-state index contributed by atoms with van der Waals surface area (Å²) in [7, 11) is -0.752. The molecule has 0 amide bonds. The summed E-state index contributed by atoms with van der Waals surface area (Å²) < 4.78 is 22.1. The predicted octanol–water partition coefficient (Wildman–Crippen LogP) is 2.68. The minimum absolute atomic E-state index is 0.348. The zero-order valence-corrected chi connectivity index (χ0v) is 10.6. The van der Waals surface area contributed by atoms with E-state index in [4.69, 9.17) is 13.9 Å². The van der Waals surface area contributed by atoms with E-state index in [-0.39, 0.29) is 0 Å². The van der Waals surface area contributed by atoms with Gasteiger partial charge in [-0.2, -0.15) is 4.83 Å². The standard InChI is InChI=1S/C11H14NO4P/c1-14-17(13,15-2)12-11(8-9-16-12)10-6-4-3-5-7-10/h3-8H,9H2,1-2H3. The van der Waals surface area contributed by atoms with Gasteiger partial charge < -0.3 is 0 Å². The molecule has 0 saturated heterocycles. The Kier molecular flexibility index (Phi) is 3.64. The number of nitrogens with zero attached hydrogens (tertiary/aromatic N) is 1. The van der Waals surface area contributed by atoms with Crippen LogP contribution in [0.15, 0.2) is 36.4 Å². The minimum atomic E-state index is -3.41. The first-order chi connectivity index (χ1) is 8.21. The number of hydrogen-bond donors (Lipinski definition) is 0. The molecule has 0 fully saturated rings. The van der Waals surface area contributed by atoms with Crippen LogP contribution >= 0.6 is 7.75 Å². The largest absolute Gasteiger partial charge is 0.458 e. The van der Waals surface area contributed by atoms with Gasteiger partial charge in [0.2, 0.25) is 0 Å². The Hall–Kier alpha value is -1.13. The smallest absolute Gasteiger partial charge is 0.294 e. The van der Waals surface area contributed by atoms with Crippen molar-refractivity contribution in [2.75, 3.05) is 20.8 Å². The second-order valence-electron chi connectivity index (χ2n) is 3.36. The quantitative estimate of drug-likeness (QED) is 0.774. The van der Waals surface area contributed by atoms with E-state index in [0.29, 0.717) is 12.3 Å². The van der Waals surface area contributed by atoms with Crippen LogP contribution in [0.25, 0.3) is 5.70 Å². The average Bonchev–Trinajstić information content (AvgIpc) is 2.88. The van der Waals surface area contributed by atoms with E-state index in [2.05, 4.69) is 0 Å². The Balaban J connectivity index is 2.33. The maximum absolute atomic E-state index is 12.3. The highest BCUT2D eigenvalue weighted by molar-refractivity contribution is 7.51. The number of benzene rings is 1. The molecular weight excluding hydrogens is 241 g/mol. The first kappa shape index (κ1) is 12.3. The summed E-state index contributed by atoms with van der Waals surface area (Å²) in [5.74, 6) is 0. The van der Waals surface area contributed by atoms with Crippen LogP contribution in [0.2, 0.25) is 0 Å². The van der Waals surface area contributed by atoms with E-state index in [0.717, 1.165) is 5.56 Å². The molecule has 0 aliphatic carbocycles. The van der Waals surface area contributed by atoms with Crippen molar-refractivity contribution in [1.29, 1.82) is 0 Å². The average molecular weight is 255 g/mol. The van der Waals surface area contributed by atoms with Gasteiger partial charge in [0.25, 0.3) is 0 Å². The molecule has 0 unspecified atom stereocenters. The summed E-state index contributed by atoms with van der Waals surface area (Å²) in [6.45, 7) is 0.348. The normalized spacial score (nSPS) is 16.1. The van der Waals surface area contributed by atoms with E-state index in [1.54, 1.807) is 0 Å². The summed E-state index contributed by atoms with van der Waals surface area (Å²) >= 11 is 0. The molecule has 5 nitrogen and oxygen atoms in total. The fourth-order valence-electron chi connectivity index (χ4n) is 1.60. The van der Waals surface area contributed by atoms with Crippen LogP contribution in [0.5, 0.6) is 0 Å². The summed E-state index contributed by atoms with van der Waals surface area (Å²) in [5.41, 5.74) is 1.59. The SMILES string of the molecule is COP(=O)(OC)N1OCC=C1c1ccccc1. The van der Waals surface area contributed by atoms with Gasteiger partial charge in [-0.1, -0.05) is 30.3 Å². The van der Waals surface area contributed by atoms with Crippen molar-refractivity contribution in [3.8, 4) is 0 Å². The van der Waals surface area contributed by atoms with Crippen LogP contribution in [-0.2, 0) is 18.5 Å². The molecular formula is C11H14NO4P. The zero-order valence-electron chi connectivity index (χ0n) is 9.70. The van der Waals surface area contributed by atoms with Gasteiger partial charge in [-0.05, 0) is 6.08 Å². The second-order valence-corrected chi connectivity index (χ2v) is 5.39. The maximum Gasteiger partial charge on any atom is 0.458 e. The Labute approximate surface area is 100 Å². The third-order valence-corrected chi connectivity index (χ3v) is 4.13. The Morgan fingerprint density at radius 2 is 1.88 bits per heavy atom. The Morgan fingerprint density at radius 3 is 2.47 bits per heavy atom. The Bertz CT molecular complexity index is 452. The lowest BCUT2D eigenvalue weighted by Crippen LogP contribution is -2.16.